The van der Waals surface area contributed by atoms with Crippen molar-refractivity contribution in [1.29, 1.82) is 0 Å². The van der Waals surface area contributed by atoms with Gasteiger partial charge in [-0.15, -0.1) is 0 Å². The van der Waals surface area contributed by atoms with Crippen LogP contribution in [0, 0.1) is 5.92 Å². The summed E-state index contributed by atoms with van der Waals surface area (Å²) >= 11 is 1.61. The highest BCUT2D eigenvalue weighted by atomic mass is 32.2. The van der Waals surface area contributed by atoms with E-state index in [4.69, 9.17) is 10.1 Å². The molecule has 12 heteroatoms. The highest BCUT2D eigenvalue weighted by Gasteiger charge is 2.30. The van der Waals surface area contributed by atoms with E-state index in [1.165, 1.54) is 18.5 Å². The number of aromatic nitrogens is 4. The number of nitrogens with one attached hydrogen (secondary N) is 2. The Balaban J connectivity index is 1.73. The summed E-state index contributed by atoms with van der Waals surface area (Å²) in [6.45, 7) is 4.88. The van der Waals surface area contributed by atoms with E-state index in [9.17, 15) is 19.5 Å². The maximum atomic E-state index is 13.5. The quantitative estimate of drug-likeness (QED) is 0.405. The van der Waals surface area contributed by atoms with Crippen LogP contribution in [-0.4, -0.2) is 78.6 Å². The summed E-state index contributed by atoms with van der Waals surface area (Å²) in [6, 6.07) is 9.79. The van der Waals surface area contributed by atoms with Crippen molar-refractivity contribution in [2.24, 2.45) is 5.92 Å². The van der Waals surface area contributed by atoms with Crippen LogP contribution in [0.4, 0.5) is 0 Å². The monoisotopic (exact) mass is 579 g/mol. The van der Waals surface area contributed by atoms with Gasteiger partial charge in [-0.3, -0.25) is 19.4 Å². The van der Waals surface area contributed by atoms with Crippen molar-refractivity contribution in [1.82, 2.24) is 35.3 Å². The molecule has 4 rings (SSSR count). The van der Waals surface area contributed by atoms with Gasteiger partial charge in [-0.05, 0) is 36.8 Å². The number of rotatable bonds is 6. The van der Waals surface area contributed by atoms with Gasteiger partial charge >= 0.3 is 0 Å². The topological polar surface area (TPSA) is 142 Å². The first-order valence-corrected chi connectivity index (χ1v) is 15.2. The Bertz CT molecular complexity index is 1350. The minimum absolute atomic E-state index is 0.0357. The Labute approximate surface area is 244 Å². The van der Waals surface area contributed by atoms with Crippen molar-refractivity contribution in [3.05, 3.63) is 60.2 Å². The van der Waals surface area contributed by atoms with Crippen molar-refractivity contribution >= 4 is 29.5 Å². The SMILES string of the molecule is CSCC[C@@H]1NC(=O)CCCN(C(=O)c2cncc(O)c2)CCn2nc(-c3ccccc3)nc2[C@@H](C(C)C)NC1=O. The molecule has 3 aromatic rings. The third-order valence-corrected chi connectivity index (χ3v) is 7.55. The molecule has 3 N–H and O–H groups in total. The zero-order chi connectivity index (χ0) is 29.4. The first-order valence-electron chi connectivity index (χ1n) is 13.8. The number of pyridine rings is 1. The Morgan fingerprint density at radius 2 is 1.90 bits per heavy atom. The third-order valence-electron chi connectivity index (χ3n) is 6.91. The molecule has 1 aliphatic heterocycles. The smallest absolute Gasteiger partial charge is 0.255 e. The lowest BCUT2D eigenvalue weighted by atomic mass is 10.0. The van der Waals surface area contributed by atoms with Crippen molar-refractivity contribution < 1.29 is 19.5 Å². The summed E-state index contributed by atoms with van der Waals surface area (Å²) in [5, 5.41) is 20.7. The molecule has 1 aliphatic rings. The molecule has 2 atom stereocenters. The molecular formula is C29H37N7O4S. The molecular weight excluding hydrogens is 542 g/mol. The summed E-state index contributed by atoms with van der Waals surface area (Å²) in [7, 11) is 0. The van der Waals surface area contributed by atoms with Crippen LogP contribution in [0.25, 0.3) is 11.4 Å². The molecule has 3 amide bonds. The maximum absolute atomic E-state index is 13.5. The van der Waals surface area contributed by atoms with Gasteiger partial charge in [0.15, 0.2) is 11.6 Å². The zero-order valence-electron chi connectivity index (χ0n) is 23.6. The number of hydrogen-bond donors (Lipinski definition) is 3. The van der Waals surface area contributed by atoms with Gasteiger partial charge in [0.2, 0.25) is 11.8 Å². The molecule has 0 fully saturated rings. The number of hydrogen-bond acceptors (Lipinski definition) is 8. The third kappa shape index (κ3) is 7.84. The first kappa shape index (κ1) is 30.0. The number of carbonyl (C=O) groups is 3. The van der Waals surface area contributed by atoms with Gasteiger partial charge in [0, 0.05) is 31.3 Å². The number of benzene rings is 1. The lowest BCUT2D eigenvalue weighted by Gasteiger charge is -2.28. The summed E-state index contributed by atoms with van der Waals surface area (Å²) in [4.78, 5) is 50.3. The van der Waals surface area contributed by atoms with E-state index >= 15 is 0 Å². The molecule has 41 heavy (non-hydrogen) atoms. The number of nitrogens with zero attached hydrogens (tertiary/aromatic N) is 5. The minimum atomic E-state index is -0.694. The molecule has 3 heterocycles. The fourth-order valence-corrected chi connectivity index (χ4v) is 5.17. The summed E-state index contributed by atoms with van der Waals surface area (Å²) in [5.41, 5.74) is 1.09. The van der Waals surface area contributed by atoms with E-state index in [2.05, 4.69) is 15.6 Å². The van der Waals surface area contributed by atoms with E-state index in [1.807, 2.05) is 50.4 Å². The molecule has 0 spiro atoms. The molecule has 1 aromatic carbocycles. The standard InChI is InChI=1S/C29H37N7O4S/c1-19(2)25-27-33-26(20-8-5-4-6-9-20)34-36(27)14-13-35(29(40)21-16-22(37)18-30-17-21)12-7-10-24(38)31-23(11-15-41-3)28(39)32-25/h4-6,8-9,16-19,23,25,37H,7,10-15H2,1-3H3,(H,31,38)(H,32,39)/t23-,25+/m0/s1. The number of thioether (sulfide) groups is 1. The highest BCUT2D eigenvalue weighted by molar-refractivity contribution is 7.98. The van der Waals surface area contributed by atoms with Gasteiger partial charge in [-0.2, -0.15) is 16.9 Å². The number of amides is 3. The van der Waals surface area contributed by atoms with E-state index in [0.29, 0.717) is 43.3 Å². The van der Waals surface area contributed by atoms with Gasteiger partial charge in [0.25, 0.3) is 5.91 Å². The Kier molecular flexibility index (Phi) is 10.3. The van der Waals surface area contributed by atoms with Crippen molar-refractivity contribution in [2.45, 2.75) is 51.7 Å². The van der Waals surface area contributed by atoms with Crippen LogP contribution in [0.5, 0.6) is 5.75 Å². The summed E-state index contributed by atoms with van der Waals surface area (Å²) < 4.78 is 1.76. The molecule has 2 aromatic heterocycles. The number of carbonyl (C=O) groups excluding carboxylic acids is 3. The fourth-order valence-electron chi connectivity index (χ4n) is 4.70. The Morgan fingerprint density at radius 3 is 2.61 bits per heavy atom. The van der Waals surface area contributed by atoms with Crippen LogP contribution < -0.4 is 10.6 Å². The molecule has 0 bridgehead atoms. The van der Waals surface area contributed by atoms with Crippen LogP contribution in [0.2, 0.25) is 0 Å². The summed E-state index contributed by atoms with van der Waals surface area (Å²) in [6.07, 6.45) is 5.68. The van der Waals surface area contributed by atoms with E-state index in [-0.39, 0.29) is 47.9 Å². The lowest BCUT2D eigenvalue weighted by Crippen LogP contribution is -2.49. The second-order valence-corrected chi connectivity index (χ2v) is 11.3. The molecule has 0 aliphatic carbocycles. The first-order chi connectivity index (χ1) is 19.8. The molecule has 218 valence electrons. The molecule has 11 nitrogen and oxygen atoms in total. The summed E-state index contributed by atoms with van der Waals surface area (Å²) in [5.74, 6) is 0.855. The lowest BCUT2D eigenvalue weighted by molar-refractivity contribution is -0.129. The van der Waals surface area contributed by atoms with Crippen molar-refractivity contribution in [3.8, 4) is 17.1 Å². The predicted molar refractivity (Wildman–Crippen MR) is 157 cm³/mol. The van der Waals surface area contributed by atoms with E-state index in [0.717, 1.165) is 5.56 Å². The fraction of sp³-hybridized carbons (Fsp3) is 0.448. The second-order valence-electron chi connectivity index (χ2n) is 10.3. The van der Waals surface area contributed by atoms with Crippen molar-refractivity contribution in [2.75, 3.05) is 25.1 Å². The predicted octanol–water partition coefficient (Wildman–Crippen LogP) is 3.03. The molecule has 0 radical (unpaired) electrons. The van der Waals surface area contributed by atoms with Crippen molar-refractivity contribution in [3.63, 3.8) is 0 Å². The molecule has 0 unspecified atom stereocenters. The normalized spacial score (nSPS) is 18.8. The van der Waals surface area contributed by atoms with Gasteiger partial charge in [-0.25, -0.2) is 9.67 Å². The highest BCUT2D eigenvalue weighted by Crippen LogP contribution is 2.25. The molecule has 0 saturated heterocycles. The van der Waals surface area contributed by atoms with Crippen LogP contribution in [0.15, 0.2) is 48.8 Å². The zero-order valence-corrected chi connectivity index (χ0v) is 24.4. The number of fused-ring (bicyclic) bond motifs is 1. The second kappa shape index (κ2) is 14.1. The Hall–Kier alpha value is -3.93. The number of aromatic hydroxyl groups is 1. The largest absolute Gasteiger partial charge is 0.506 e. The molecule has 0 saturated carbocycles. The van der Waals surface area contributed by atoms with Gasteiger partial charge in [0.05, 0.1) is 24.3 Å². The van der Waals surface area contributed by atoms with Crippen LogP contribution in [0.3, 0.4) is 0 Å². The minimum Gasteiger partial charge on any atom is -0.506 e. The Morgan fingerprint density at radius 1 is 1.12 bits per heavy atom. The van der Waals surface area contributed by atoms with Gasteiger partial charge < -0.3 is 20.6 Å². The van der Waals surface area contributed by atoms with Crippen LogP contribution in [0.1, 0.15) is 55.3 Å². The van der Waals surface area contributed by atoms with E-state index < -0.39 is 12.1 Å². The van der Waals surface area contributed by atoms with Crippen LogP contribution in [-0.2, 0) is 16.1 Å². The maximum Gasteiger partial charge on any atom is 0.255 e. The van der Waals surface area contributed by atoms with Crippen LogP contribution >= 0.6 is 11.8 Å². The van der Waals surface area contributed by atoms with Gasteiger partial charge in [0.1, 0.15) is 11.8 Å². The average molecular weight is 580 g/mol. The average Bonchev–Trinajstić information content (AvgIpc) is 3.38. The van der Waals surface area contributed by atoms with E-state index in [1.54, 1.807) is 21.3 Å². The van der Waals surface area contributed by atoms with Gasteiger partial charge in [-0.1, -0.05) is 44.2 Å².